The zero-order chi connectivity index (χ0) is 19.6. The molecule has 0 bridgehead atoms. The predicted octanol–water partition coefficient (Wildman–Crippen LogP) is 5.34. The molecule has 1 atom stereocenters. The molecule has 0 aliphatic heterocycles. The summed E-state index contributed by atoms with van der Waals surface area (Å²) in [6.07, 6.45) is 8.00. The Morgan fingerprint density at radius 2 is 1.46 bits per heavy atom. The summed E-state index contributed by atoms with van der Waals surface area (Å²) in [5.74, 6) is -5.99. The molecule has 1 aromatic rings. The number of aryl methyl sites for hydroxylation is 1. The number of hydrogen-bond donors (Lipinski definition) is 1. The van der Waals surface area contributed by atoms with E-state index in [1.807, 2.05) is 0 Å². The number of ether oxygens (including phenoxy) is 2. The van der Waals surface area contributed by atoms with Gasteiger partial charge in [-0.25, -0.2) is 13.2 Å². The van der Waals surface area contributed by atoms with Gasteiger partial charge in [-0.1, -0.05) is 45.4 Å². The topological polar surface area (TPSA) is 38.7 Å². The van der Waals surface area contributed by atoms with Crippen molar-refractivity contribution >= 4 is 0 Å². The van der Waals surface area contributed by atoms with Gasteiger partial charge in [-0.05, 0) is 37.0 Å². The Balaban J connectivity index is 2.67. The Morgan fingerprint density at radius 1 is 0.923 bits per heavy atom. The highest BCUT2D eigenvalue weighted by Crippen LogP contribution is 2.30. The summed E-state index contributed by atoms with van der Waals surface area (Å²) < 4.78 is 50.1. The van der Waals surface area contributed by atoms with Gasteiger partial charge in [0.15, 0.2) is 17.5 Å². The Labute approximate surface area is 154 Å². The van der Waals surface area contributed by atoms with Crippen LogP contribution in [-0.4, -0.2) is 25.3 Å². The van der Waals surface area contributed by atoms with Crippen LogP contribution in [0.2, 0.25) is 0 Å². The maximum absolute atomic E-state index is 13.4. The lowest BCUT2D eigenvalue weighted by atomic mass is 9.91. The zero-order valence-corrected chi connectivity index (χ0v) is 16.0. The third kappa shape index (κ3) is 6.89. The molecule has 0 amide bonds. The molecule has 150 valence electrons. The minimum absolute atomic E-state index is 0.281. The van der Waals surface area contributed by atoms with Crippen LogP contribution in [-0.2, 0) is 15.9 Å². The van der Waals surface area contributed by atoms with E-state index in [1.54, 1.807) is 0 Å². The smallest absolute Gasteiger partial charge is 0.282 e. The minimum Gasteiger partial charge on any atom is -0.343 e. The third-order valence-corrected chi connectivity index (χ3v) is 4.83. The van der Waals surface area contributed by atoms with Gasteiger partial charge in [-0.2, -0.15) is 0 Å². The van der Waals surface area contributed by atoms with Gasteiger partial charge in [-0.3, -0.25) is 0 Å². The highest BCUT2D eigenvalue weighted by Gasteiger charge is 2.36. The molecule has 0 heterocycles. The molecular weight excluding hydrogens is 345 g/mol. The van der Waals surface area contributed by atoms with Gasteiger partial charge >= 0.3 is 0 Å². The highest BCUT2D eigenvalue weighted by molar-refractivity contribution is 5.19. The van der Waals surface area contributed by atoms with Crippen molar-refractivity contribution in [1.29, 1.82) is 0 Å². The molecule has 1 rings (SSSR count). The molecule has 26 heavy (non-hydrogen) atoms. The van der Waals surface area contributed by atoms with E-state index in [0.29, 0.717) is 18.4 Å². The summed E-state index contributed by atoms with van der Waals surface area (Å²) in [6.45, 7) is 2.16. The molecular formula is C20H31F3O3. The minimum atomic E-state index is -1.75. The first-order chi connectivity index (χ1) is 12.4. The fraction of sp³-hybridized carbons (Fsp3) is 0.700. The molecule has 0 saturated heterocycles. The monoisotopic (exact) mass is 376 g/mol. The van der Waals surface area contributed by atoms with Gasteiger partial charge in [0.2, 0.25) is 0 Å². The van der Waals surface area contributed by atoms with Gasteiger partial charge < -0.3 is 14.6 Å². The molecule has 3 nitrogen and oxygen atoms in total. The van der Waals surface area contributed by atoms with Crippen LogP contribution < -0.4 is 0 Å². The largest absolute Gasteiger partial charge is 0.343 e. The Kier molecular flexibility index (Phi) is 10.2. The lowest BCUT2D eigenvalue weighted by Crippen LogP contribution is -2.42. The fourth-order valence-electron chi connectivity index (χ4n) is 3.19. The first-order valence-corrected chi connectivity index (χ1v) is 9.34. The second-order valence-corrected chi connectivity index (χ2v) is 6.70. The Bertz CT molecular complexity index is 510. The van der Waals surface area contributed by atoms with E-state index in [4.69, 9.17) is 9.47 Å². The van der Waals surface area contributed by atoms with Crippen LogP contribution in [0.25, 0.3) is 0 Å². The van der Waals surface area contributed by atoms with E-state index in [-0.39, 0.29) is 12.3 Å². The van der Waals surface area contributed by atoms with Gasteiger partial charge in [0.1, 0.15) is 0 Å². The maximum Gasteiger partial charge on any atom is 0.282 e. The first-order valence-electron chi connectivity index (χ1n) is 9.34. The van der Waals surface area contributed by atoms with E-state index in [1.165, 1.54) is 33.5 Å². The van der Waals surface area contributed by atoms with Crippen molar-refractivity contribution in [3.63, 3.8) is 0 Å². The van der Waals surface area contributed by atoms with Gasteiger partial charge in [-0.15, -0.1) is 0 Å². The maximum atomic E-state index is 13.4. The SMILES string of the molecule is CCCCCCCCC(CCc1cc(F)c(F)c(F)c1)C(O)(OC)OC. The predicted molar refractivity (Wildman–Crippen MR) is 95.1 cm³/mol. The lowest BCUT2D eigenvalue weighted by Gasteiger charge is -2.33. The fourth-order valence-corrected chi connectivity index (χ4v) is 3.19. The van der Waals surface area contributed by atoms with Crippen molar-refractivity contribution in [3.05, 3.63) is 35.1 Å². The molecule has 0 saturated carbocycles. The number of unbranched alkanes of at least 4 members (excludes halogenated alkanes) is 5. The van der Waals surface area contributed by atoms with Crippen LogP contribution >= 0.6 is 0 Å². The molecule has 0 aliphatic carbocycles. The van der Waals surface area contributed by atoms with Gasteiger partial charge in [0, 0.05) is 20.1 Å². The molecule has 1 N–H and O–H groups in total. The van der Waals surface area contributed by atoms with Gasteiger partial charge in [0.05, 0.1) is 0 Å². The Hall–Kier alpha value is -1.11. The number of aliphatic hydroxyl groups is 1. The van der Waals surface area contributed by atoms with Crippen LogP contribution in [0.1, 0.15) is 63.9 Å². The molecule has 0 spiro atoms. The zero-order valence-electron chi connectivity index (χ0n) is 16.0. The second kappa shape index (κ2) is 11.6. The van der Waals surface area contributed by atoms with E-state index < -0.39 is 23.4 Å². The molecule has 1 unspecified atom stereocenters. The Morgan fingerprint density at radius 3 is 2.00 bits per heavy atom. The lowest BCUT2D eigenvalue weighted by molar-refractivity contribution is -0.369. The first kappa shape index (κ1) is 22.9. The van der Waals surface area contributed by atoms with Crippen LogP contribution in [0.15, 0.2) is 12.1 Å². The average molecular weight is 376 g/mol. The normalized spacial score (nSPS) is 13.2. The quantitative estimate of drug-likeness (QED) is 0.287. The summed E-state index contributed by atoms with van der Waals surface area (Å²) >= 11 is 0. The number of halogens is 3. The number of methoxy groups -OCH3 is 2. The van der Waals surface area contributed by atoms with E-state index in [9.17, 15) is 18.3 Å². The van der Waals surface area contributed by atoms with Crippen molar-refractivity contribution in [2.45, 2.75) is 70.7 Å². The van der Waals surface area contributed by atoms with Crippen LogP contribution in [0.3, 0.4) is 0 Å². The summed E-state index contributed by atoms with van der Waals surface area (Å²) in [5, 5.41) is 10.5. The summed E-state index contributed by atoms with van der Waals surface area (Å²) in [5.41, 5.74) is 0.337. The molecule has 0 aliphatic rings. The standard InChI is InChI=1S/C20H31F3O3/c1-4-5-6-7-8-9-10-16(20(24,25-2)26-3)12-11-15-13-17(21)19(23)18(22)14-15/h13-14,16,24H,4-12H2,1-3H3. The summed E-state index contributed by atoms with van der Waals surface area (Å²) in [7, 11) is 2.71. The number of rotatable bonds is 13. The van der Waals surface area contributed by atoms with Crippen LogP contribution in [0.5, 0.6) is 0 Å². The highest BCUT2D eigenvalue weighted by atomic mass is 19.2. The van der Waals surface area contributed by atoms with Crippen molar-refractivity contribution in [3.8, 4) is 0 Å². The average Bonchev–Trinajstić information content (AvgIpc) is 2.64. The summed E-state index contributed by atoms with van der Waals surface area (Å²) in [4.78, 5) is 0. The van der Waals surface area contributed by atoms with Crippen molar-refractivity contribution in [2.75, 3.05) is 14.2 Å². The van der Waals surface area contributed by atoms with E-state index in [0.717, 1.165) is 31.4 Å². The molecule has 1 aromatic carbocycles. The number of hydrogen-bond acceptors (Lipinski definition) is 3. The molecule has 0 radical (unpaired) electrons. The molecule has 6 heteroatoms. The third-order valence-electron chi connectivity index (χ3n) is 4.83. The van der Waals surface area contributed by atoms with E-state index in [2.05, 4.69) is 6.92 Å². The van der Waals surface area contributed by atoms with Crippen LogP contribution in [0, 0.1) is 23.4 Å². The van der Waals surface area contributed by atoms with Crippen molar-refractivity contribution in [2.24, 2.45) is 5.92 Å². The van der Waals surface area contributed by atoms with Crippen molar-refractivity contribution < 1.29 is 27.8 Å². The molecule has 0 fully saturated rings. The van der Waals surface area contributed by atoms with E-state index >= 15 is 0 Å². The van der Waals surface area contributed by atoms with Gasteiger partial charge in [0.25, 0.3) is 5.97 Å². The second-order valence-electron chi connectivity index (χ2n) is 6.70. The molecule has 0 aromatic heterocycles. The van der Waals surface area contributed by atoms with Crippen LogP contribution in [0.4, 0.5) is 13.2 Å². The summed E-state index contributed by atoms with van der Waals surface area (Å²) in [6, 6.07) is 1.97. The number of benzene rings is 1. The van der Waals surface area contributed by atoms with Crippen molar-refractivity contribution in [1.82, 2.24) is 0 Å².